The monoisotopic (exact) mass is 314 g/mol. The zero-order valence-corrected chi connectivity index (χ0v) is 12.8. The van der Waals surface area contributed by atoms with Crippen molar-refractivity contribution >= 4 is 28.5 Å². The molecule has 0 unspecified atom stereocenters. The molecular formula is C17H15ClN2O2. The number of nitrogens with one attached hydrogen (secondary N) is 1. The molecule has 112 valence electrons. The molecule has 4 nitrogen and oxygen atoms in total. The molecule has 0 saturated carbocycles. The standard InChI is InChI=1S/C17H15ClN2O2/c1-11(12-6-8-13(18)9-7-12)19-17(21)10-15-14-4-2-3-5-16(14)22-20-15/h2-9,11H,10H2,1H3,(H,19,21)/t11-/m0/s1. The molecule has 2 aromatic carbocycles. The zero-order chi connectivity index (χ0) is 15.5. The van der Waals surface area contributed by atoms with Crippen LogP contribution in [0.1, 0.15) is 24.2 Å². The van der Waals surface area contributed by atoms with Gasteiger partial charge in [-0.15, -0.1) is 0 Å². The van der Waals surface area contributed by atoms with Crippen molar-refractivity contribution in [2.24, 2.45) is 0 Å². The van der Waals surface area contributed by atoms with Crippen LogP contribution in [0.2, 0.25) is 5.02 Å². The molecule has 0 spiro atoms. The molecule has 0 bridgehead atoms. The molecule has 0 fully saturated rings. The Morgan fingerprint density at radius 1 is 1.23 bits per heavy atom. The van der Waals surface area contributed by atoms with Crippen molar-refractivity contribution < 1.29 is 9.32 Å². The Morgan fingerprint density at radius 3 is 2.73 bits per heavy atom. The number of hydrogen-bond acceptors (Lipinski definition) is 3. The minimum atomic E-state index is -0.0958. The minimum absolute atomic E-state index is 0.0945. The number of rotatable bonds is 4. The maximum atomic E-state index is 12.2. The Labute approximate surface area is 133 Å². The summed E-state index contributed by atoms with van der Waals surface area (Å²) in [4.78, 5) is 12.2. The third-order valence-corrected chi connectivity index (χ3v) is 3.78. The normalized spacial score (nSPS) is 12.3. The molecule has 0 radical (unpaired) electrons. The number of carbonyl (C=O) groups excluding carboxylic acids is 1. The molecule has 3 aromatic rings. The predicted octanol–water partition coefficient (Wildman–Crippen LogP) is 3.90. The van der Waals surface area contributed by atoms with Gasteiger partial charge in [0.1, 0.15) is 5.69 Å². The van der Waals surface area contributed by atoms with Gasteiger partial charge in [0.05, 0.1) is 12.5 Å². The van der Waals surface area contributed by atoms with Crippen LogP contribution in [0.25, 0.3) is 11.0 Å². The summed E-state index contributed by atoms with van der Waals surface area (Å²) >= 11 is 5.87. The van der Waals surface area contributed by atoms with Gasteiger partial charge < -0.3 is 9.84 Å². The Balaban J connectivity index is 1.68. The van der Waals surface area contributed by atoms with E-state index >= 15 is 0 Å². The van der Waals surface area contributed by atoms with Crippen molar-refractivity contribution in [3.8, 4) is 0 Å². The summed E-state index contributed by atoms with van der Waals surface area (Å²) in [6.45, 7) is 1.93. The summed E-state index contributed by atoms with van der Waals surface area (Å²) in [5.74, 6) is -0.0958. The highest BCUT2D eigenvalue weighted by atomic mass is 35.5. The summed E-state index contributed by atoms with van der Waals surface area (Å²) in [6, 6.07) is 14.8. The third-order valence-electron chi connectivity index (χ3n) is 3.53. The summed E-state index contributed by atoms with van der Waals surface area (Å²) in [6.07, 6.45) is 0.189. The summed E-state index contributed by atoms with van der Waals surface area (Å²) in [5, 5.41) is 8.48. The first kappa shape index (κ1) is 14.6. The van der Waals surface area contributed by atoms with Crippen LogP contribution in [0.3, 0.4) is 0 Å². The zero-order valence-electron chi connectivity index (χ0n) is 12.0. The van der Waals surface area contributed by atoms with Crippen LogP contribution in [0, 0.1) is 0 Å². The molecule has 1 heterocycles. The first-order valence-electron chi connectivity index (χ1n) is 7.01. The fourth-order valence-corrected chi connectivity index (χ4v) is 2.47. The van der Waals surface area contributed by atoms with Gasteiger partial charge in [-0.2, -0.15) is 0 Å². The largest absolute Gasteiger partial charge is 0.356 e. The van der Waals surface area contributed by atoms with Gasteiger partial charge in [-0.1, -0.05) is 41.0 Å². The fraction of sp³-hybridized carbons (Fsp3) is 0.176. The van der Waals surface area contributed by atoms with Crippen LogP contribution in [0.4, 0.5) is 0 Å². The summed E-state index contributed by atoms with van der Waals surface area (Å²) in [5.41, 5.74) is 2.34. The SMILES string of the molecule is C[C@H](NC(=O)Cc1noc2ccccc12)c1ccc(Cl)cc1. The number of halogens is 1. The second kappa shape index (κ2) is 6.20. The molecule has 22 heavy (non-hydrogen) atoms. The smallest absolute Gasteiger partial charge is 0.226 e. The van der Waals surface area contributed by atoms with Crippen LogP contribution in [-0.2, 0) is 11.2 Å². The highest BCUT2D eigenvalue weighted by Crippen LogP contribution is 2.19. The topological polar surface area (TPSA) is 55.1 Å². The molecule has 0 saturated heterocycles. The maximum absolute atomic E-state index is 12.2. The van der Waals surface area contributed by atoms with Gasteiger partial charge >= 0.3 is 0 Å². The molecule has 0 aliphatic rings. The average Bonchev–Trinajstić information content (AvgIpc) is 2.91. The Morgan fingerprint density at radius 2 is 1.95 bits per heavy atom. The van der Waals surface area contributed by atoms with E-state index in [1.165, 1.54) is 0 Å². The average molecular weight is 315 g/mol. The molecule has 0 aliphatic heterocycles. The number of hydrogen-bond donors (Lipinski definition) is 1. The van der Waals surface area contributed by atoms with E-state index in [0.717, 1.165) is 10.9 Å². The Hall–Kier alpha value is -2.33. The number of fused-ring (bicyclic) bond motifs is 1. The van der Waals surface area contributed by atoms with Crippen LogP contribution < -0.4 is 5.32 Å². The number of nitrogens with zero attached hydrogens (tertiary/aromatic N) is 1. The Bertz CT molecular complexity index is 796. The summed E-state index contributed by atoms with van der Waals surface area (Å²) < 4.78 is 5.21. The van der Waals surface area contributed by atoms with E-state index in [0.29, 0.717) is 16.3 Å². The van der Waals surface area contributed by atoms with Crippen molar-refractivity contribution in [3.63, 3.8) is 0 Å². The molecule has 0 aliphatic carbocycles. The van der Waals surface area contributed by atoms with Gasteiger partial charge in [-0.25, -0.2) is 0 Å². The third kappa shape index (κ3) is 3.12. The molecular weight excluding hydrogens is 300 g/mol. The van der Waals surface area contributed by atoms with E-state index in [9.17, 15) is 4.79 Å². The van der Waals surface area contributed by atoms with Crippen LogP contribution in [-0.4, -0.2) is 11.1 Å². The highest BCUT2D eigenvalue weighted by molar-refractivity contribution is 6.30. The predicted molar refractivity (Wildman–Crippen MR) is 85.7 cm³/mol. The van der Waals surface area contributed by atoms with E-state index in [1.807, 2.05) is 55.5 Å². The van der Waals surface area contributed by atoms with Crippen LogP contribution in [0.5, 0.6) is 0 Å². The van der Waals surface area contributed by atoms with Crippen molar-refractivity contribution in [1.29, 1.82) is 0 Å². The van der Waals surface area contributed by atoms with E-state index < -0.39 is 0 Å². The molecule has 5 heteroatoms. The molecule has 1 atom stereocenters. The number of para-hydroxylation sites is 1. The summed E-state index contributed by atoms with van der Waals surface area (Å²) in [7, 11) is 0. The van der Waals surface area contributed by atoms with Crippen molar-refractivity contribution in [2.75, 3.05) is 0 Å². The van der Waals surface area contributed by atoms with Crippen LogP contribution in [0.15, 0.2) is 53.1 Å². The van der Waals surface area contributed by atoms with Crippen molar-refractivity contribution in [1.82, 2.24) is 10.5 Å². The highest BCUT2D eigenvalue weighted by Gasteiger charge is 2.14. The number of amides is 1. The van der Waals surface area contributed by atoms with Gasteiger partial charge in [0, 0.05) is 10.4 Å². The number of aromatic nitrogens is 1. The maximum Gasteiger partial charge on any atom is 0.226 e. The lowest BCUT2D eigenvalue weighted by molar-refractivity contribution is -0.121. The Kier molecular flexibility index (Phi) is 4.11. The van der Waals surface area contributed by atoms with E-state index in [4.69, 9.17) is 16.1 Å². The first-order chi connectivity index (χ1) is 10.6. The van der Waals surface area contributed by atoms with Gasteiger partial charge in [0.15, 0.2) is 5.58 Å². The molecule has 3 rings (SSSR count). The lowest BCUT2D eigenvalue weighted by atomic mass is 10.1. The van der Waals surface area contributed by atoms with Crippen molar-refractivity contribution in [3.05, 3.63) is 64.8 Å². The fourth-order valence-electron chi connectivity index (χ4n) is 2.34. The second-order valence-corrected chi connectivity index (χ2v) is 5.58. The van der Waals surface area contributed by atoms with Gasteiger partial charge in [-0.3, -0.25) is 4.79 Å². The van der Waals surface area contributed by atoms with E-state index in [2.05, 4.69) is 10.5 Å². The van der Waals surface area contributed by atoms with E-state index in [-0.39, 0.29) is 18.4 Å². The lowest BCUT2D eigenvalue weighted by Crippen LogP contribution is -2.28. The van der Waals surface area contributed by atoms with Gasteiger partial charge in [0.25, 0.3) is 0 Å². The number of carbonyl (C=O) groups is 1. The molecule has 1 amide bonds. The molecule has 1 N–H and O–H groups in total. The van der Waals surface area contributed by atoms with Gasteiger partial charge in [0.2, 0.25) is 5.91 Å². The van der Waals surface area contributed by atoms with Gasteiger partial charge in [-0.05, 0) is 36.8 Å². The van der Waals surface area contributed by atoms with Crippen molar-refractivity contribution in [2.45, 2.75) is 19.4 Å². The quantitative estimate of drug-likeness (QED) is 0.794. The van der Waals surface area contributed by atoms with Crippen LogP contribution >= 0.6 is 11.6 Å². The second-order valence-electron chi connectivity index (χ2n) is 5.14. The number of benzene rings is 2. The first-order valence-corrected chi connectivity index (χ1v) is 7.39. The molecule has 1 aromatic heterocycles. The lowest BCUT2D eigenvalue weighted by Gasteiger charge is -2.14. The van der Waals surface area contributed by atoms with E-state index in [1.54, 1.807) is 0 Å². The minimum Gasteiger partial charge on any atom is -0.356 e.